The van der Waals surface area contributed by atoms with Gasteiger partial charge in [-0.3, -0.25) is 4.79 Å². The van der Waals surface area contributed by atoms with Crippen LogP contribution >= 0.6 is 0 Å². The van der Waals surface area contributed by atoms with Gasteiger partial charge >= 0.3 is 0 Å². The van der Waals surface area contributed by atoms with Gasteiger partial charge in [0, 0.05) is 26.7 Å². The molecule has 1 unspecified atom stereocenters. The molecule has 0 spiro atoms. The normalized spacial score (nSPS) is 22.5. The lowest BCUT2D eigenvalue weighted by Crippen LogP contribution is -2.60. The van der Waals surface area contributed by atoms with Crippen molar-refractivity contribution >= 4 is 5.91 Å². The average Bonchev–Trinajstić information content (AvgIpc) is 2.28. The number of hydrogen-bond acceptors (Lipinski definition) is 4. The summed E-state index contributed by atoms with van der Waals surface area (Å²) in [6.07, 6.45) is 0. The predicted octanol–water partition coefficient (Wildman–Crippen LogP) is -1.22. The summed E-state index contributed by atoms with van der Waals surface area (Å²) in [5.74, 6) is 0.0289. The second-order valence-electron chi connectivity index (χ2n) is 4.58. The van der Waals surface area contributed by atoms with Crippen molar-refractivity contribution in [2.75, 3.05) is 33.3 Å². The van der Waals surface area contributed by atoms with Crippen LogP contribution in [0, 0.1) is 0 Å². The zero-order valence-electron chi connectivity index (χ0n) is 9.71. The molecule has 0 saturated carbocycles. The van der Waals surface area contributed by atoms with E-state index < -0.39 is 5.54 Å². The lowest BCUT2D eigenvalue weighted by atomic mass is 10.0. The smallest absolute Gasteiger partial charge is 0.241 e. The largest absolute Gasteiger partial charge is 0.394 e. The Kier molecular flexibility index (Phi) is 4.07. The number of piperazine rings is 1. The molecule has 1 rings (SSSR count). The van der Waals surface area contributed by atoms with Gasteiger partial charge in [-0.15, -0.1) is 0 Å². The van der Waals surface area contributed by atoms with E-state index in [9.17, 15) is 9.90 Å². The molecule has 1 amide bonds. The molecule has 1 fully saturated rings. The number of carbonyl (C=O) groups excluding carboxylic acids is 1. The van der Waals surface area contributed by atoms with Crippen molar-refractivity contribution in [1.82, 2.24) is 15.5 Å². The Balaban J connectivity index is 2.58. The maximum absolute atomic E-state index is 12.0. The van der Waals surface area contributed by atoms with Gasteiger partial charge in [-0.25, -0.2) is 0 Å². The molecular weight excluding hydrogens is 194 g/mol. The topological polar surface area (TPSA) is 64.6 Å². The quantitative estimate of drug-likeness (QED) is 0.552. The minimum atomic E-state index is -0.504. The van der Waals surface area contributed by atoms with Crippen LogP contribution in [-0.2, 0) is 4.79 Å². The molecule has 3 N–H and O–H groups in total. The van der Waals surface area contributed by atoms with Crippen molar-refractivity contribution in [2.45, 2.75) is 25.4 Å². The van der Waals surface area contributed by atoms with Gasteiger partial charge in [-0.1, -0.05) is 0 Å². The molecule has 5 nitrogen and oxygen atoms in total. The van der Waals surface area contributed by atoms with Gasteiger partial charge < -0.3 is 20.6 Å². The number of aliphatic hydroxyl groups excluding tert-OH is 1. The summed E-state index contributed by atoms with van der Waals surface area (Å²) in [5, 5.41) is 15.5. The molecule has 88 valence electrons. The number of aliphatic hydroxyl groups is 1. The van der Waals surface area contributed by atoms with E-state index >= 15 is 0 Å². The van der Waals surface area contributed by atoms with Crippen LogP contribution in [-0.4, -0.2) is 60.8 Å². The first-order chi connectivity index (χ1) is 6.99. The molecule has 1 aliphatic heterocycles. The fourth-order valence-corrected chi connectivity index (χ4v) is 1.47. The SMILES string of the molecule is CN(C(=O)C1CNCCN1)C(C)(C)CO. The minimum Gasteiger partial charge on any atom is -0.394 e. The standard InChI is InChI=1S/C10H21N3O2/c1-10(2,7-14)13(3)9(15)8-6-11-4-5-12-8/h8,11-12,14H,4-7H2,1-3H3. The van der Waals surface area contributed by atoms with Crippen LogP contribution in [0.3, 0.4) is 0 Å². The first-order valence-corrected chi connectivity index (χ1v) is 5.31. The Morgan fingerprint density at radius 3 is 2.67 bits per heavy atom. The molecule has 0 aliphatic carbocycles. The lowest BCUT2D eigenvalue weighted by Gasteiger charge is -2.37. The third kappa shape index (κ3) is 2.90. The highest BCUT2D eigenvalue weighted by molar-refractivity contribution is 5.82. The van der Waals surface area contributed by atoms with Gasteiger partial charge in [0.15, 0.2) is 0 Å². The minimum absolute atomic E-state index is 0.0289. The van der Waals surface area contributed by atoms with Crippen LogP contribution in [0.4, 0.5) is 0 Å². The molecule has 5 heteroatoms. The van der Waals surface area contributed by atoms with Crippen LogP contribution in [0.25, 0.3) is 0 Å². The average molecular weight is 215 g/mol. The van der Waals surface area contributed by atoms with Crippen molar-refractivity contribution in [3.05, 3.63) is 0 Å². The van der Waals surface area contributed by atoms with Gasteiger partial charge in [-0.05, 0) is 13.8 Å². The Morgan fingerprint density at radius 2 is 2.20 bits per heavy atom. The van der Waals surface area contributed by atoms with E-state index in [1.807, 2.05) is 13.8 Å². The molecule has 0 aromatic rings. The molecule has 15 heavy (non-hydrogen) atoms. The number of amides is 1. The predicted molar refractivity (Wildman–Crippen MR) is 58.6 cm³/mol. The number of rotatable bonds is 3. The monoisotopic (exact) mass is 215 g/mol. The summed E-state index contributed by atoms with van der Waals surface area (Å²) in [5.41, 5.74) is -0.504. The third-order valence-electron chi connectivity index (χ3n) is 2.96. The van der Waals surface area contributed by atoms with Crippen LogP contribution in [0.1, 0.15) is 13.8 Å². The third-order valence-corrected chi connectivity index (χ3v) is 2.96. The Labute approximate surface area is 90.8 Å². The van der Waals surface area contributed by atoms with Crippen molar-refractivity contribution in [1.29, 1.82) is 0 Å². The molecular formula is C10H21N3O2. The molecule has 1 saturated heterocycles. The Hall–Kier alpha value is -0.650. The second-order valence-corrected chi connectivity index (χ2v) is 4.58. The second kappa shape index (κ2) is 4.92. The molecule has 1 aliphatic rings. The zero-order chi connectivity index (χ0) is 11.5. The Bertz CT molecular complexity index is 225. The van der Waals surface area contributed by atoms with E-state index in [4.69, 9.17) is 0 Å². The highest BCUT2D eigenvalue weighted by atomic mass is 16.3. The summed E-state index contributed by atoms with van der Waals surface area (Å²) in [6, 6.07) is -0.172. The number of hydrogen-bond donors (Lipinski definition) is 3. The van der Waals surface area contributed by atoms with Gasteiger partial charge in [0.1, 0.15) is 0 Å². The van der Waals surface area contributed by atoms with Gasteiger partial charge in [0.05, 0.1) is 18.2 Å². The molecule has 0 aromatic heterocycles. The number of nitrogens with zero attached hydrogens (tertiary/aromatic N) is 1. The number of carbonyl (C=O) groups is 1. The molecule has 1 heterocycles. The number of nitrogens with one attached hydrogen (secondary N) is 2. The first-order valence-electron chi connectivity index (χ1n) is 5.31. The molecule has 1 atom stereocenters. The van der Waals surface area contributed by atoms with E-state index in [0.29, 0.717) is 6.54 Å². The van der Waals surface area contributed by atoms with Gasteiger partial charge in [-0.2, -0.15) is 0 Å². The van der Waals surface area contributed by atoms with Crippen molar-refractivity contribution in [2.24, 2.45) is 0 Å². The van der Waals surface area contributed by atoms with E-state index in [1.165, 1.54) is 0 Å². The maximum atomic E-state index is 12.0. The maximum Gasteiger partial charge on any atom is 0.241 e. The summed E-state index contributed by atoms with van der Waals surface area (Å²) in [4.78, 5) is 13.6. The molecule has 0 bridgehead atoms. The van der Waals surface area contributed by atoms with E-state index in [-0.39, 0.29) is 18.6 Å². The number of likely N-dealkylation sites (N-methyl/N-ethyl adjacent to an activating group) is 1. The molecule has 0 radical (unpaired) electrons. The van der Waals surface area contributed by atoms with Crippen LogP contribution in [0.5, 0.6) is 0 Å². The van der Waals surface area contributed by atoms with Gasteiger partial charge in [0.2, 0.25) is 5.91 Å². The zero-order valence-corrected chi connectivity index (χ0v) is 9.71. The fraction of sp³-hybridized carbons (Fsp3) is 0.900. The van der Waals surface area contributed by atoms with Crippen molar-refractivity contribution in [3.63, 3.8) is 0 Å². The van der Waals surface area contributed by atoms with Crippen LogP contribution < -0.4 is 10.6 Å². The lowest BCUT2D eigenvalue weighted by molar-refractivity contribution is -0.138. The summed E-state index contributed by atoms with van der Waals surface area (Å²) in [6.45, 7) is 6.03. The fourth-order valence-electron chi connectivity index (χ4n) is 1.47. The van der Waals surface area contributed by atoms with E-state index in [0.717, 1.165) is 13.1 Å². The summed E-state index contributed by atoms with van der Waals surface area (Å²) >= 11 is 0. The van der Waals surface area contributed by atoms with Crippen LogP contribution in [0.2, 0.25) is 0 Å². The molecule has 0 aromatic carbocycles. The van der Waals surface area contributed by atoms with E-state index in [2.05, 4.69) is 10.6 Å². The van der Waals surface area contributed by atoms with Crippen molar-refractivity contribution in [3.8, 4) is 0 Å². The van der Waals surface area contributed by atoms with Gasteiger partial charge in [0.25, 0.3) is 0 Å². The Morgan fingerprint density at radius 1 is 1.53 bits per heavy atom. The summed E-state index contributed by atoms with van der Waals surface area (Å²) < 4.78 is 0. The first kappa shape index (κ1) is 12.4. The van der Waals surface area contributed by atoms with E-state index in [1.54, 1.807) is 11.9 Å². The summed E-state index contributed by atoms with van der Waals surface area (Å²) in [7, 11) is 1.73. The van der Waals surface area contributed by atoms with Crippen molar-refractivity contribution < 1.29 is 9.90 Å². The highest BCUT2D eigenvalue weighted by Gasteiger charge is 2.31. The highest BCUT2D eigenvalue weighted by Crippen LogP contribution is 2.12. The van der Waals surface area contributed by atoms with Crippen LogP contribution in [0.15, 0.2) is 0 Å².